The first-order valence-corrected chi connectivity index (χ1v) is 4.67. The van der Waals surface area contributed by atoms with Gasteiger partial charge < -0.3 is 9.47 Å². The molecule has 1 heterocycles. The van der Waals surface area contributed by atoms with Crippen molar-refractivity contribution in [2.75, 3.05) is 6.79 Å². The molecule has 1 amide bonds. The molecule has 0 spiro atoms. The van der Waals surface area contributed by atoms with Crippen LogP contribution in [0.25, 0.3) is 0 Å². The van der Waals surface area contributed by atoms with E-state index in [4.69, 9.17) is 15.3 Å². The topological polar surface area (TPSA) is 73.6 Å². The summed E-state index contributed by atoms with van der Waals surface area (Å²) in [5.74, 6) is 6.30. The lowest BCUT2D eigenvalue weighted by Crippen LogP contribution is -2.30. The molecule has 80 valence electrons. The van der Waals surface area contributed by atoms with Crippen LogP contribution in [0.3, 0.4) is 0 Å². The number of carbonyl (C=O) groups excluding carboxylic acids is 1. The molecule has 0 unspecified atom stereocenters. The molecule has 2 rings (SSSR count). The van der Waals surface area contributed by atoms with Crippen molar-refractivity contribution < 1.29 is 14.3 Å². The molecule has 1 aromatic carbocycles. The van der Waals surface area contributed by atoms with Gasteiger partial charge in [-0.25, -0.2) is 5.84 Å². The lowest BCUT2D eigenvalue weighted by Gasteiger charge is -2.02. The van der Waals surface area contributed by atoms with Crippen LogP contribution >= 0.6 is 0 Å². The zero-order chi connectivity index (χ0) is 10.7. The Kier molecular flexibility index (Phi) is 2.73. The van der Waals surface area contributed by atoms with Gasteiger partial charge in [0.05, 0.1) is 0 Å². The molecule has 5 heteroatoms. The summed E-state index contributed by atoms with van der Waals surface area (Å²) in [6.07, 6.45) is 1.01. The molecule has 0 radical (unpaired) electrons. The van der Waals surface area contributed by atoms with E-state index in [0.717, 1.165) is 17.1 Å². The summed E-state index contributed by atoms with van der Waals surface area (Å²) >= 11 is 0. The van der Waals surface area contributed by atoms with Crippen LogP contribution in [0.2, 0.25) is 0 Å². The first kappa shape index (κ1) is 9.79. The van der Waals surface area contributed by atoms with E-state index in [-0.39, 0.29) is 12.7 Å². The number of hydrogen-bond acceptors (Lipinski definition) is 4. The molecule has 1 aliphatic heterocycles. The van der Waals surface area contributed by atoms with Crippen molar-refractivity contribution in [1.82, 2.24) is 5.43 Å². The van der Waals surface area contributed by atoms with Gasteiger partial charge in [0.15, 0.2) is 11.5 Å². The number of nitrogens with one attached hydrogen (secondary N) is 1. The minimum Gasteiger partial charge on any atom is -0.454 e. The van der Waals surface area contributed by atoms with Crippen LogP contribution in [0.5, 0.6) is 11.5 Å². The third kappa shape index (κ3) is 2.19. The quantitative estimate of drug-likeness (QED) is 0.426. The first-order chi connectivity index (χ1) is 7.29. The Labute approximate surface area is 87.1 Å². The highest BCUT2D eigenvalue weighted by Crippen LogP contribution is 2.32. The highest BCUT2D eigenvalue weighted by Gasteiger charge is 2.13. The molecule has 0 saturated carbocycles. The second kappa shape index (κ2) is 4.18. The number of fused-ring (bicyclic) bond motifs is 1. The number of amides is 1. The van der Waals surface area contributed by atoms with E-state index in [9.17, 15) is 4.79 Å². The number of hydrazine groups is 1. The average molecular weight is 208 g/mol. The van der Waals surface area contributed by atoms with Crippen LogP contribution in [0.1, 0.15) is 12.0 Å². The van der Waals surface area contributed by atoms with E-state index < -0.39 is 0 Å². The summed E-state index contributed by atoms with van der Waals surface area (Å²) in [6, 6.07) is 5.64. The predicted molar refractivity (Wildman–Crippen MR) is 53.2 cm³/mol. The predicted octanol–water partition coefficient (Wildman–Crippen LogP) is 0.338. The van der Waals surface area contributed by atoms with Gasteiger partial charge in [0.1, 0.15) is 0 Å². The Morgan fingerprint density at radius 1 is 1.40 bits per heavy atom. The van der Waals surface area contributed by atoms with Crippen LogP contribution in [0.4, 0.5) is 0 Å². The molecule has 15 heavy (non-hydrogen) atoms. The van der Waals surface area contributed by atoms with Gasteiger partial charge in [0.25, 0.3) is 0 Å². The van der Waals surface area contributed by atoms with Crippen molar-refractivity contribution in [2.24, 2.45) is 5.84 Å². The van der Waals surface area contributed by atoms with Crippen LogP contribution in [-0.2, 0) is 11.2 Å². The molecule has 0 aromatic heterocycles. The molecular formula is C10H12N2O3. The van der Waals surface area contributed by atoms with Gasteiger partial charge in [-0.3, -0.25) is 10.2 Å². The summed E-state index contributed by atoms with van der Waals surface area (Å²) in [6.45, 7) is 0.266. The van der Waals surface area contributed by atoms with E-state index >= 15 is 0 Å². The highest BCUT2D eigenvalue weighted by molar-refractivity contribution is 5.75. The van der Waals surface area contributed by atoms with Crippen LogP contribution in [-0.4, -0.2) is 12.7 Å². The van der Waals surface area contributed by atoms with Crippen LogP contribution in [0, 0.1) is 0 Å². The van der Waals surface area contributed by atoms with Gasteiger partial charge in [-0.15, -0.1) is 0 Å². The third-order valence-electron chi connectivity index (χ3n) is 2.24. The molecule has 0 fully saturated rings. The fourth-order valence-corrected chi connectivity index (χ4v) is 1.43. The smallest absolute Gasteiger partial charge is 0.234 e. The van der Waals surface area contributed by atoms with E-state index in [1.807, 2.05) is 18.2 Å². The number of nitrogens with two attached hydrogens (primary N) is 1. The maximum atomic E-state index is 10.9. The molecule has 0 aliphatic carbocycles. The zero-order valence-corrected chi connectivity index (χ0v) is 8.16. The van der Waals surface area contributed by atoms with Crippen molar-refractivity contribution >= 4 is 5.91 Å². The zero-order valence-electron chi connectivity index (χ0n) is 8.16. The van der Waals surface area contributed by atoms with E-state index in [2.05, 4.69) is 5.43 Å². The standard InChI is InChI=1S/C10H12N2O3/c11-12-10(13)4-2-7-1-3-8-9(5-7)15-6-14-8/h1,3,5H,2,4,6,11H2,(H,12,13). The molecule has 0 saturated heterocycles. The second-order valence-corrected chi connectivity index (χ2v) is 3.26. The summed E-state index contributed by atoms with van der Waals surface area (Å²) in [4.78, 5) is 10.9. The van der Waals surface area contributed by atoms with Gasteiger partial charge in [-0.1, -0.05) is 6.07 Å². The lowest BCUT2D eigenvalue weighted by atomic mass is 10.1. The van der Waals surface area contributed by atoms with E-state index in [1.165, 1.54) is 0 Å². The SMILES string of the molecule is NNC(=O)CCc1ccc2c(c1)OCO2. The Morgan fingerprint density at radius 2 is 2.20 bits per heavy atom. The van der Waals surface area contributed by atoms with Crippen LogP contribution < -0.4 is 20.7 Å². The van der Waals surface area contributed by atoms with Crippen molar-refractivity contribution in [3.63, 3.8) is 0 Å². The van der Waals surface area contributed by atoms with E-state index in [0.29, 0.717) is 12.8 Å². The van der Waals surface area contributed by atoms with Crippen molar-refractivity contribution in [3.05, 3.63) is 23.8 Å². The number of ether oxygens (including phenoxy) is 2. The lowest BCUT2D eigenvalue weighted by molar-refractivity contribution is -0.121. The maximum absolute atomic E-state index is 10.9. The van der Waals surface area contributed by atoms with Crippen LogP contribution in [0.15, 0.2) is 18.2 Å². The monoisotopic (exact) mass is 208 g/mol. The Hall–Kier alpha value is -1.75. The highest BCUT2D eigenvalue weighted by atomic mass is 16.7. The second-order valence-electron chi connectivity index (χ2n) is 3.26. The van der Waals surface area contributed by atoms with Gasteiger partial charge >= 0.3 is 0 Å². The first-order valence-electron chi connectivity index (χ1n) is 4.67. The fraction of sp³-hybridized carbons (Fsp3) is 0.300. The number of benzene rings is 1. The molecule has 0 atom stereocenters. The number of rotatable bonds is 3. The van der Waals surface area contributed by atoms with Gasteiger partial charge in [0, 0.05) is 6.42 Å². The summed E-state index contributed by atoms with van der Waals surface area (Å²) in [7, 11) is 0. The Morgan fingerprint density at radius 3 is 3.00 bits per heavy atom. The largest absolute Gasteiger partial charge is 0.454 e. The Balaban J connectivity index is 2.01. The van der Waals surface area contributed by atoms with Gasteiger partial charge in [-0.05, 0) is 24.1 Å². The summed E-state index contributed by atoms with van der Waals surface area (Å²) in [5.41, 5.74) is 3.12. The molecule has 1 aromatic rings. The fourth-order valence-electron chi connectivity index (χ4n) is 1.43. The normalized spacial score (nSPS) is 12.6. The van der Waals surface area contributed by atoms with Crippen molar-refractivity contribution in [3.8, 4) is 11.5 Å². The molecule has 1 aliphatic rings. The summed E-state index contributed by atoms with van der Waals surface area (Å²) in [5, 5.41) is 0. The minimum absolute atomic E-state index is 0.173. The van der Waals surface area contributed by atoms with Gasteiger partial charge in [0.2, 0.25) is 12.7 Å². The molecular weight excluding hydrogens is 196 g/mol. The number of aryl methyl sites for hydroxylation is 1. The average Bonchev–Trinajstić information content (AvgIpc) is 2.72. The third-order valence-corrected chi connectivity index (χ3v) is 2.24. The molecule has 0 bridgehead atoms. The Bertz CT molecular complexity index is 379. The summed E-state index contributed by atoms with van der Waals surface area (Å²) < 4.78 is 10.4. The number of hydrogen-bond donors (Lipinski definition) is 2. The maximum Gasteiger partial charge on any atom is 0.234 e. The van der Waals surface area contributed by atoms with E-state index in [1.54, 1.807) is 0 Å². The van der Waals surface area contributed by atoms with Crippen molar-refractivity contribution in [2.45, 2.75) is 12.8 Å². The molecule has 3 N–H and O–H groups in total. The van der Waals surface area contributed by atoms with Gasteiger partial charge in [-0.2, -0.15) is 0 Å². The minimum atomic E-state index is -0.173. The van der Waals surface area contributed by atoms with Crippen molar-refractivity contribution in [1.29, 1.82) is 0 Å². The number of carbonyl (C=O) groups is 1. The molecule has 5 nitrogen and oxygen atoms in total.